The van der Waals surface area contributed by atoms with Gasteiger partial charge in [-0.2, -0.15) is 8.42 Å². The van der Waals surface area contributed by atoms with Gasteiger partial charge in [0.05, 0.1) is 12.4 Å². The van der Waals surface area contributed by atoms with Crippen molar-refractivity contribution in [3.8, 4) is 16.9 Å². The minimum absolute atomic E-state index is 0.00463. The standard InChI is InChI=1S/C31H36N2O7S.C2H6/c1-22-8-3-14-29(23(22)2)39-18-7-15-30(34)33-17-6-12-27-26(11-5-13-28(27)33)25-10-4-9-24(20-25)21-40-31(35)32-16-19-41(36,37)38;1-2/h3-5,8-11,13-14,20H,6-7,12,15-19,21H2,1-2H3,(H,32,35)(H,36,37,38);1-2H3. The molecule has 43 heavy (non-hydrogen) atoms. The third-order valence-corrected chi connectivity index (χ3v) is 7.86. The summed E-state index contributed by atoms with van der Waals surface area (Å²) in [6, 6.07) is 19.6. The number of carbonyl (C=O) groups is 2. The van der Waals surface area contributed by atoms with Crippen molar-refractivity contribution in [2.24, 2.45) is 0 Å². The van der Waals surface area contributed by atoms with Crippen LogP contribution in [0.4, 0.5) is 10.5 Å². The average Bonchev–Trinajstić information content (AvgIpc) is 3.00. The zero-order chi connectivity index (χ0) is 31.4. The first-order valence-corrected chi connectivity index (χ1v) is 16.3. The Morgan fingerprint density at radius 3 is 2.53 bits per heavy atom. The van der Waals surface area contributed by atoms with Gasteiger partial charge < -0.3 is 19.7 Å². The van der Waals surface area contributed by atoms with Gasteiger partial charge in [-0.15, -0.1) is 0 Å². The lowest BCUT2D eigenvalue weighted by atomic mass is 9.91. The van der Waals surface area contributed by atoms with Crippen LogP contribution in [0.15, 0.2) is 60.7 Å². The van der Waals surface area contributed by atoms with Crippen molar-refractivity contribution in [1.29, 1.82) is 0 Å². The lowest BCUT2D eigenvalue weighted by Gasteiger charge is -2.31. The van der Waals surface area contributed by atoms with Gasteiger partial charge >= 0.3 is 6.09 Å². The molecule has 0 atom stereocenters. The molecule has 4 rings (SSSR count). The monoisotopic (exact) mass is 610 g/mol. The van der Waals surface area contributed by atoms with E-state index >= 15 is 0 Å². The number of aryl methyl sites for hydroxylation is 1. The molecule has 0 saturated heterocycles. The highest BCUT2D eigenvalue weighted by Gasteiger charge is 2.24. The van der Waals surface area contributed by atoms with Gasteiger partial charge in [0.1, 0.15) is 12.4 Å². The van der Waals surface area contributed by atoms with Gasteiger partial charge in [-0.3, -0.25) is 9.35 Å². The van der Waals surface area contributed by atoms with Gasteiger partial charge in [0.2, 0.25) is 5.91 Å². The Labute approximate surface area is 255 Å². The fraction of sp³-hybridized carbons (Fsp3) is 0.394. The fourth-order valence-corrected chi connectivity index (χ4v) is 5.25. The summed E-state index contributed by atoms with van der Waals surface area (Å²) in [5, 5.41) is 2.30. The molecule has 1 aliphatic heterocycles. The largest absolute Gasteiger partial charge is 0.493 e. The minimum Gasteiger partial charge on any atom is -0.493 e. The third-order valence-electron chi connectivity index (χ3n) is 7.14. The summed E-state index contributed by atoms with van der Waals surface area (Å²) in [6.45, 7) is 8.99. The second kappa shape index (κ2) is 16.1. The Morgan fingerprint density at radius 1 is 1.02 bits per heavy atom. The number of anilines is 1. The smallest absolute Gasteiger partial charge is 0.407 e. The Kier molecular flexibility index (Phi) is 12.6. The van der Waals surface area contributed by atoms with Gasteiger partial charge in [0, 0.05) is 25.2 Å². The molecular weight excluding hydrogens is 568 g/mol. The maximum Gasteiger partial charge on any atom is 0.407 e. The second-order valence-electron chi connectivity index (χ2n) is 10.1. The van der Waals surface area contributed by atoms with E-state index in [1.807, 2.05) is 80.3 Å². The molecule has 0 saturated carbocycles. The lowest BCUT2D eigenvalue weighted by molar-refractivity contribution is -0.118. The van der Waals surface area contributed by atoms with E-state index in [1.165, 1.54) is 5.56 Å². The number of hydrogen-bond acceptors (Lipinski definition) is 6. The van der Waals surface area contributed by atoms with Crippen molar-refractivity contribution in [2.45, 2.75) is 60.0 Å². The van der Waals surface area contributed by atoms with Crippen LogP contribution in [-0.4, -0.2) is 50.4 Å². The van der Waals surface area contributed by atoms with Crippen LogP contribution < -0.4 is 15.0 Å². The molecular formula is C33H42N2O7S. The molecule has 232 valence electrons. The first-order valence-electron chi connectivity index (χ1n) is 14.7. The SMILES string of the molecule is CC.Cc1cccc(OCCCC(=O)N2CCCc3c(-c4cccc(COC(=O)NCCS(=O)(=O)O)c4)cccc32)c1C. The van der Waals surface area contributed by atoms with E-state index in [0.717, 1.165) is 52.1 Å². The Hall–Kier alpha value is -3.89. The van der Waals surface area contributed by atoms with Gasteiger partial charge in [-0.1, -0.05) is 56.3 Å². The van der Waals surface area contributed by atoms with Crippen LogP contribution in [0.1, 0.15) is 55.4 Å². The van der Waals surface area contributed by atoms with Crippen LogP contribution >= 0.6 is 0 Å². The number of nitrogens with one attached hydrogen (secondary N) is 1. The Bertz CT molecular complexity index is 1500. The number of carbonyl (C=O) groups excluding carboxylic acids is 2. The van der Waals surface area contributed by atoms with Crippen LogP contribution in [-0.2, 0) is 32.7 Å². The van der Waals surface area contributed by atoms with Crippen LogP contribution in [0.25, 0.3) is 11.1 Å². The lowest BCUT2D eigenvalue weighted by Crippen LogP contribution is -2.35. The molecule has 0 fully saturated rings. The predicted octanol–water partition coefficient (Wildman–Crippen LogP) is 6.25. The number of benzene rings is 3. The van der Waals surface area contributed by atoms with Crippen molar-refractivity contribution in [3.63, 3.8) is 0 Å². The van der Waals surface area contributed by atoms with Gasteiger partial charge in [-0.25, -0.2) is 4.79 Å². The molecule has 0 aromatic heterocycles. The number of rotatable bonds is 11. The number of nitrogens with zero attached hydrogens (tertiary/aromatic N) is 1. The molecule has 0 unspecified atom stereocenters. The summed E-state index contributed by atoms with van der Waals surface area (Å²) in [4.78, 5) is 27.0. The zero-order valence-corrected chi connectivity index (χ0v) is 26.2. The van der Waals surface area contributed by atoms with E-state index < -0.39 is 22.0 Å². The number of alkyl carbamates (subject to hydrolysis) is 1. The Morgan fingerprint density at radius 2 is 1.77 bits per heavy atom. The molecule has 0 aliphatic carbocycles. The van der Waals surface area contributed by atoms with E-state index in [9.17, 15) is 18.0 Å². The normalized spacial score (nSPS) is 12.4. The highest BCUT2D eigenvalue weighted by atomic mass is 32.2. The molecule has 1 heterocycles. The molecule has 0 radical (unpaired) electrons. The summed E-state index contributed by atoms with van der Waals surface area (Å²) in [5.74, 6) is 0.350. The van der Waals surface area contributed by atoms with Crippen molar-refractivity contribution in [2.75, 3.05) is 30.3 Å². The summed E-state index contributed by atoms with van der Waals surface area (Å²) in [5.41, 5.74) is 7.07. The minimum atomic E-state index is -4.16. The quantitative estimate of drug-likeness (QED) is 0.194. The van der Waals surface area contributed by atoms with Crippen molar-refractivity contribution >= 4 is 27.8 Å². The summed E-state index contributed by atoms with van der Waals surface area (Å²) in [6.07, 6.45) is 1.96. The van der Waals surface area contributed by atoms with Crippen LogP contribution in [0, 0.1) is 13.8 Å². The van der Waals surface area contributed by atoms with Crippen molar-refractivity contribution in [3.05, 3.63) is 82.9 Å². The van der Waals surface area contributed by atoms with Gasteiger partial charge in [-0.05, 0) is 84.7 Å². The number of ether oxygens (including phenoxy) is 2. The second-order valence-corrected chi connectivity index (χ2v) is 11.7. The molecule has 2 amide bonds. The van der Waals surface area contributed by atoms with E-state index in [-0.39, 0.29) is 19.1 Å². The highest BCUT2D eigenvalue weighted by Crippen LogP contribution is 2.36. The van der Waals surface area contributed by atoms with Crippen LogP contribution in [0.5, 0.6) is 5.75 Å². The summed E-state index contributed by atoms with van der Waals surface area (Å²) in [7, 11) is -4.16. The molecule has 10 heteroatoms. The van der Waals surface area contributed by atoms with Crippen LogP contribution in [0.2, 0.25) is 0 Å². The molecule has 3 aromatic rings. The van der Waals surface area contributed by atoms with E-state index in [0.29, 0.717) is 26.0 Å². The maximum atomic E-state index is 13.2. The zero-order valence-electron chi connectivity index (χ0n) is 25.4. The average molecular weight is 611 g/mol. The number of hydrogen-bond donors (Lipinski definition) is 2. The van der Waals surface area contributed by atoms with E-state index in [2.05, 4.69) is 18.3 Å². The fourth-order valence-electron chi connectivity index (χ4n) is 4.89. The van der Waals surface area contributed by atoms with E-state index in [1.54, 1.807) is 0 Å². The topological polar surface area (TPSA) is 122 Å². The highest BCUT2D eigenvalue weighted by molar-refractivity contribution is 7.85. The summed E-state index contributed by atoms with van der Waals surface area (Å²) >= 11 is 0. The van der Waals surface area contributed by atoms with Crippen molar-refractivity contribution in [1.82, 2.24) is 5.32 Å². The molecule has 1 aliphatic rings. The first-order chi connectivity index (χ1) is 20.6. The third kappa shape index (κ3) is 9.83. The first kappa shape index (κ1) is 33.6. The van der Waals surface area contributed by atoms with Gasteiger partial charge in [0.25, 0.3) is 10.1 Å². The maximum absolute atomic E-state index is 13.2. The van der Waals surface area contributed by atoms with Gasteiger partial charge in [0.15, 0.2) is 0 Å². The number of amides is 2. The molecule has 2 N–H and O–H groups in total. The van der Waals surface area contributed by atoms with Crippen molar-refractivity contribution < 1.29 is 32.0 Å². The predicted molar refractivity (Wildman–Crippen MR) is 169 cm³/mol. The summed E-state index contributed by atoms with van der Waals surface area (Å²) < 4.78 is 41.5. The Balaban J connectivity index is 0.00000248. The molecule has 3 aromatic carbocycles. The van der Waals surface area contributed by atoms with Crippen LogP contribution in [0.3, 0.4) is 0 Å². The molecule has 9 nitrogen and oxygen atoms in total. The van der Waals surface area contributed by atoms with E-state index in [4.69, 9.17) is 14.0 Å². The molecule has 0 spiro atoms. The number of fused-ring (bicyclic) bond motifs is 1. The molecule has 0 bridgehead atoms.